The van der Waals surface area contributed by atoms with E-state index in [-0.39, 0.29) is 28.6 Å². The van der Waals surface area contributed by atoms with Gasteiger partial charge in [0.15, 0.2) is 0 Å². The molecule has 0 bridgehead atoms. The number of nitrogens with two attached hydrogens (primary N) is 1. The van der Waals surface area contributed by atoms with E-state index in [1.165, 1.54) is 24.5 Å². The van der Waals surface area contributed by atoms with Crippen molar-refractivity contribution in [3.63, 3.8) is 0 Å². The predicted octanol–water partition coefficient (Wildman–Crippen LogP) is 3.11. The zero-order valence-corrected chi connectivity index (χ0v) is 16.8. The molecule has 1 aliphatic carbocycles. The van der Waals surface area contributed by atoms with Crippen molar-refractivity contribution in [3.05, 3.63) is 53.8 Å². The summed E-state index contributed by atoms with van der Waals surface area (Å²) in [6, 6.07) is 3.26. The van der Waals surface area contributed by atoms with Crippen LogP contribution in [0.3, 0.4) is 0 Å². The molecule has 2 aromatic rings. The number of hydrogen-bond acceptors (Lipinski definition) is 7. The van der Waals surface area contributed by atoms with E-state index in [9.17, 15) is 12.8 Å². The van der Waals surface area contributed by atoms with Crippen LogP contribution < -0.4 is 15.2 Å². The fourth-order valence-electron chi connectivity index (χ4n) is 3.16. The quantitative estimate of drug-likeness (QED) is 0.568. The Morgan fingerprint density at radius 1 is 1.41 bits per heavy atom. The van der Waals surface area contributed by atoms with Gasteiger partial charge in [-0.2, -0.15) is 0 Å². The number of nitrogens with one attached hydrogen (secondary N) is 2. The van der Waals surface area contributed by atoms with Crippen LogP contribution in [0.5, 0.6) is 5.75 Å². The molecule has 1 aromatic carbocycles. The maximum Gasteiger partial charge on any atom is 0.266 e. The van der Waals surface area contributed by atoms with Crippen molar-refractivity contribution in [2.45, 2.75) is 30.3 Å². The van der Waals surface area contributed by atoms with Gasteiger partial charge in [0.25, 0.3) is 10.0 Å². The first-order valence-electron chi connectivity index (χ1n) is 8.73. The third-order valence-corrected chi connectivity index (χ3v) is 6.17. The summed E-state index contributed by atoms with van der Waals surface area (Å²) in [5.74, 6) is -1.20. The van der Waals surface area contributed by atoms with Crippen LogP contribution in [0.25, 0.3) is 0 Å². The van der Waals surface area contributed by atoms with Gasteiger partial charge in [0, 0.05) is 23.9 Å². The molecule has 11 heteroatoms. The fourth-order valence-corrected chi connectivity index (χ4v) is 4.53. The average Bonchev–Trinajstić information content (AvgIpc) is 3.13. The number of halogens is 2. The van der Waals surface area contributed by atoms with Crippen LogP contribution in [0.1, 0.15) is 19.3 Å². The smallest absolute Gasteiger partial charge is 0.266 e. The number of rotatable bonds is 7. The van der Waals surface area contributed by atoms with Gasteiger partial charge >= 0.3 is 0 Å². The Hall–Kier alpha value is -2.72. The minimum absolute atomic E-state index is 0.00360. The van der Waals surface area contributed by atoms with E-state index in [4.69, 9.17) is 27.5 Å². The number of anilines is 1. The van der Waals surface area contributed by atoms with Crippen LogP contribution in [0.4, 0.5) is 10.2 Å². The van der Waals surface area contributed by atoms with E-state index < -0.39 is 20.7 Å². The summed E-state index contributed by atoms with van der Waals surface area (Å²) >= 11 is 6.18. The summed E-state index contributed by atoms with van der Waals surface area (Å²) in [5, 5.41) is 7.99. The molecule has 8 nitrogen and oxygen atoms in total. The summed E-state index contributed by atoms with van der Waals surface area (Å²) in [5.41, 5.74) is 5.67. The molecule has 1 aromatic heterocycles. The van der Waals surface area contributed by atoms with Crippen molar-refractivity contribution in [2.24, 2.45) is 11.7 Å². The van der Waals surface area contributed by atoms with Gasteiger partial charge in [-0.1, -0.05) is 11.6 Å². The molecule has 0 saturated heterocycles. The molecule has 1 aliphatic rings. The van der Waals surface area contributed by atoms with E-state index in [0.717, 1.165) is 31.3 Å². The van der Waals surface area contributed by atoms with E-state index in [0.29, 0.717) is 12.1 Å². The predicted molar refractivity (Wildman–Crippen MR) is 107 cm³/mol. The van der Waals surface area contributed by atoms with E-state index in [2.05, 4.69) is 14.7 Å². The summed E-state index contributed by atoms with van der Waals surface area (Å²) < 4.78 is 47.6. The number of ether oxygens (including phenoxy) is 1. The second-order valence-electron chi connectivity index (χ2n) is 6.42. The third-order valence-electron chi connectivity index (χ3n) is 4.50. The summed E-state index contributed by atoms with van der Waals surface area (Å²) in [7, 11) is -4.25. The molecule has 4 N–H and O–H groups in total. The van der Waals surface area contributed by atoms with Crippen LogP contribution in [0, 0.1) is 17.1 Å². The minimum atomic E-state index is -4.25. The average molecular weight is 440 g/mol. The van der Waals surface area contributed by atoms with Crippen LogP contribution in [0.15, 0.2) is 47.9 Å². The zero-order valence-electron chi connectivity index (χ0n) is 15.2. The lowest BCUT2D eigenvalue weighted by atomic mass is 9.99. The number of sulfonamides is 1. The van der Waals surface area contributed by atoms with Crippen molar-refractivity contribution >= 4 is 33.2 Å². The maximum atomic E-state index is 14.6. The van der Waals surface area contributed by atoms with Gasteiger partial charge in [-0.3, -0.25) is 4.72 Å². The number of allylic oxidation sites excluding steroid dienone is 1. The van der Waals surface area contributed by atoms with Crippen molar-refractivity contribution < 1.29 is 17.5 Å². The lowest BCUT2D eigenvalue weighted by Gasteiger charge is -2.22. The molecule has 154 valence electrons. The van der Waals surface area contributed by atoms with Crippen LogP contribution in [-0.4, -0.2) is 30.2 Å². The second-order valence-corrected chi connectivity index (χ2v) is 8.48. The largest absolute Gasteiger partial charge is 0.488 e. The molecule has 0 aliphatic heterocycles. The third kappa shape index (κ3) is 4.83. The number of benzene rings is 1. The summed E-state index contributed by atoms with van der Waals surface area (Å²) in [6.45, 7) is 0. The number of hydrogen-bond donors (Lipinski definition) is 3. The highest BCUT2D eigenvalue weighted by molar-refractivity contribution is 7.92. The molecule has 0 amide bonds. The molecule has 3 rings (SSSR count). The molecule has 0 spiro atoms. The normalized spacial score (nSPS) is 19.4. The summed E-state index contributed by atoms with van der Waals surface area (Å²) in [6.07, 6.45) is 7.15. The SMILES string of the molecule is N=C(C=CN)[C@H]1CCC[C@@H]1Oc1cc(F)c(S(=O)(=O)Nc2ccncn2)cc1Cl. The van der Waals surface area contributed by atoms with Crippen molar-refractivity contribution in [1.82, 2.24) is 9.97 Å². The fraction of sp³-hybridized carbons (Fsp3) is 0.278. The van der Waals surface area contributed by atoms with Crippen molar-refractivity contribution in [1.29, 1.82) is 5.41 Å². The topological polar surface area (TPSA) is 131 Å². The lowest BCUT2D eigenvalue weighted by Crippen LogP contribution is -2.27. The number of nitrogens with zero attached hydrogens (tertiary/aromatic N) is 2. The molecular formula is C18H19ClFN5O3S. The molecule has 1 saturated carbocycles. The van der Waals surface area contributed by atoms with Gasteiger partial charge < -0.3 is 15.9 Å². The Balaban J connectivity index is 1.83. The molecular weight excluding hydrogens is 421 g/mol. The molecule has 1 fully saturated rings. The lowest BCUT2D eigenvalue weighted by molar-refractivity contribution is 0.186. The maximum absolute atomic E-state index is 14.6. The molecule has 0 unspecified atom stereocenters. The Morgan fingerprint density at radius 2 is 2.21 bits per heavy atom. The van der Waals surface area contributed by atoms with Gasteiger partial charge in [0.1, 0.15) is 34.7 Å². The zero-order chi connectivity index (χ0) is 21.0. The Kier molecular flexibility index (Phi) is 6.33. The first-order chi connectivity index (χ1) is 13.8. The highest BCUT2D eigenvalue weighted by atomic mass is 35.5. The molecule has 2 atom stereocenters. The highest BCUT2D eigenvalue weighted by Gasteiger charge is 2.32. The first-order valence-corrected chi connectivity index (χ1v) is 10.6. The Morgan fingerprint density at radius 3 is 2.90 bits per heavy atom. The van der Waals surface area contributed by atoms with Gasteiger partial charge in [-0.05, 0) is 43.7 Å². The van der Waals surface area contributed by atoms with E-state index in [1.807, 2.05) is 0 Å². The van der Waals surface area contributed by atoms with Crippen LogP contribution in [-0.2, 0) is 10.0 Å². The van der Waals surface area contributed by atoms with Crippen molar-refractivity contribution in [3.8, 4) is 5.75 Å². The van der Waals surface area contributed by atoms with Crippen molar-refractivity contribution in [2.75, 3.05) is 4.72 Å². The minimum Gasteiger partial charge on any atom is -0.488 e. The van der Waals surface area contributed by atoms with E-state index in [1.54, 1.807) is 0 Å². The Labute approximate surface area is 172 Å². The molecule has 1 heterocycles. The van der Waals surface area contributed by atoms with E-state index >= 15 is 0 Å². The second kappa shape index (κ2) is 8.75. The molecule has 0 radical (unpaired) electrons. The Bertz CT molecular complexity index is 1030. The standard InChI is InChI=1S/C18H19ClFN5O3S/c19-12-8-17(29(26,27)25-18-5-7-23-10-24-18)13(20)9-16(12)28-15-3-1-2-11(15)14(22)4-6-21/h4-11,15,22H,1-3,21H2,(H,23,24,25)/t11-,15+/m1/s1. The monoisotopic (exact) mass is 439 g/mol. The highest BCUT2D eigenvalue weighted by Crippen LogP contribution is 2.36. The molecule has 29 heavy (non-hydrogen) atoms. The van der Waals surface area contributed by atoms with Gasteiger partial charge in [0.05, 0.1) is 5.02 Å². The van der Waals surface area contributed by atoms with Gasteiger partial charge in [-0.25, -0.2) is 22.8 Å². The van der Waals surface area contributed by atoms with Gasteiger partial charge in [-0.15, -0.1) is 0 Å². The summed E-state index contributed by atoms with van der Waals surface area (Å²) in [4.78, 5) is 6.81. The number of aromatic nitrogens is 2. The van der Waals surface area contributed by atoms with Crippen LogP contribution in [0.2, 0.25) is 5.02 Å². The van der Waals surface area contributed by atoms with Gasteiger partial charge in [0.2, 0.25) is 0 Å². The van der Waals surface area contributed by atoms with Crippen LogP contribution >= 0.6 is 11.6 Å². The first kappa shape index (κ1) is 21.0.